The molecule has 11 heteroatoms. The monoisotopic (exact) mass is 575 g/mol. The second kappa shape index (κ2) is 12.3. The number of piperazine rings is 1. The van der Waals surface area contributed by atoms with E-state index in [-0.39, 0.29) is 28.9 Å². The van der Waals surface area contributed by atoms with E-state index in [1.807, 2.05) is 39.1 Å². The van der Waals surface area contributed by atoms with Crippen molar-refractivity contribution in [3.05, 3.63) is 51.6 Å². The lowest BCUT2D eigenvalue weighted by Gasteiger charge is -2.34. The van der Waals surface area contributed by atoms with Crippen molar-refractivity contribution in [3.8, 4) is 0 Å². The van der Waals surface area contributed by atoms with Gasteiger partial charge in [0.1, 0.15) is 17.1 Å². The first kappa shape index (κ1) is 29.8. The summed E-state index contributed by atoms with van der Waals surface area (Å²) in [4.78, 5) is 56.2. The van der Waals surface area contributed by atoms with Crippen LogP contribution >= 0.6 is 0 Å². The van der Waals surface area contributed by atoms with Gasteiger partial charge in [-0.05, 0) is 64.7 Å². The Morgan fingerprint density at radius 2 is 1.71 bits per heavy atom. The summed E-state index contributed by atoms with van der Waals surface area (Å²) in [6, 6.07) is 3.95. The minimum absolute atomic E-state index is 0.0260. The molecule has 2 aliphatic rings. The van der Waals surface area contributed by atoms with Crippen LogP contribution in [0.1, 0.15) is 80.9 Å². The molecule has 3 aromatic rings. The Balaban J connectivity index is 1.25. The Bertz CT molecular complexity index is 1510. The van der Waals surface area contributed by atoms with E-state index >= 15 is 0 Å². The van der Waals surface area contributed by atoms with E-state index in [9.17, 15) is 14.4 Å². The number of anilines is 2. The highest BCUT2D eigenvalue weighted by Crippen LogP contribution is 2.32. The lowest BCUT2D eigenvalue weighted by Crippen LogP contribution is -2.48. The molecule has 4 heterocycles. The van der Waals surface area contributed by atoms with Crippen LogP contribution in [0.15, 0.2) is 29.3 Å². The predicted octanol–water partition coefficient (Wildman–Crippen LogP) is 4.02. The number of hydrogen-bond acceptors (Lipinski definition) is 10. The van der Waals surface area contributed by atoms with Crippen LogP contribution in [0.3, 0.4) is 0 Å². The highest BCUT2D eigenvalue weighted by atomic mass is 16.6. The molecule has 1 aliphatic heterocycles. The van der Waals surface area contributed by atoms with E-state index in [2.05, 4.69) is 25.1 Å². The molecule has 0 amide bonds. The first-order valence-electron chi connectivity index (χ1n) is 14.8. The average molecular weight is 576 g/mol. The molecule has 5 rings (SSSR count). The third-order valence-corrected chi connectivity index (χ3v) is 7.96. The number of hydrogen-bond donors (Lipinski definition) is 1. The lowest BCUT2D eigenvalue weighted by molar-refractivity contribution is -0.156. The molecule has 0 unspecified atom stereocenters. The van der Waals surface area contributed by atoms with E-state index in [1.165, 1.54) is 6.92 Å². The third kappa shape index (κ3) is 6.84. The smallest absolute Gasteiger partial charge is 0.320 e. The molecule has 1 saturated carbocycles. The first-order chi connectivity index (χ1) is 20.0. The first-order valence-corrected chi connectivity index (χ1v) is 14.8. The molecule has 11 nitrogen and oxygen atoms in total. The van der Waals surface area contributed by atoms with E-state index in [0.717, 1.165) is 64.0 Å². The number of carbonyl (C=O) groups is 2. The van der Waals surface area contributed by atoms with Gasteiger partial charge in [-0.15, -0.1) is 0 Å². The average Bonchev–Trinajstić information content (AvgIpc) is 3.44. The van der Waals surface area contributed by atoms with Gasteiger partial charge >= 0.3 is 5.97 Å². The molecule has 0 bridgehead atoms. The van der Waals surface area contributed by atoms with E-state index in [0.29, 0.717) is 34.9 Å². The van der Waals surface area contributed by atoms with Crippen molar-refractivity contribution in [1.29, 1.82) is 0 Å². The second-order valence-corrected chi connectivity index (χ2v) is 12.4. The SMILES string of the molecule is CC(=O)c1c(C)c2cnc(Nc3ccc(CN4CCN(CC(=O)OC(C)(C)C)CC4)cn3)nc2n(C2CCCC2)c1=O. The van der Waals surface area contributed by atoms with Gasteiger partial charge in [0.15, 0.2) is 5.78 Å². The predicted molar refractivity (Wildman–Crippen MR) is 161 cm³/mol. The summed E-state index contributed by atoms with van der Waals surface area (Å²) in [5.41, 5.74) is 1.75. The molecular weight excluding hydrogens is 534 g/mol. The summed E-state index contributed by atoms with van der Waals surface area (Å²) in [6.07, 6.45) is 7.42. The summed E-state index contributed by atoms with van der Waals surface area (Å²) in [6.45, 7) is 13.3. The van der Waals surface area contributed by atoms with Gasteiger partial charge < -0.3 is 10.1 Å². The number of aryl methyl sites for hydroxylation is 1. The normalized spacial score (nSPS) is 17.1. The summed E-state index contributed by atoms with van der Waals surface area (Å²) in [7, 11) is 0. The maximum atomic E-state index is 13.4. The summed E-state index contributed by atoms with van der Waals surface area (Å²) >= 11 is 0. The Hall–Kier alpha value is -3.70. The summed E-state index contributed by atoms with van der Waals surface area (Å²) in [5.74, 6) is 0.536. The van der Waals surface area contributed by atoms with Crippen LogP contribution in [0.2, 0.25) is 0 Å². The van der Waals surface area contributed by atoms with Gasteiger partial charge in [-0.25, -0.2) is 9.97 Å². The number of nitrogens with zero attached hydrogens (tertiary/aromatic N) is 6. The number of rotatable bonds is 8. The fraction of sp³-hybridized carbons (Fsp3) is 0.548. The van der Waals surface area contributed by atoms with Crippen LogP contribution in [0.25, 0.3) is 11.0 Å². The fourth-order valence-corrected chi connectivity index (χ4v) is 5.94. The number of fused-ring (bicyclic) bond motifs is 1. The molecule has 1 aliphatic carbocycles. The molecule has 42 heavy (non-hydrogen) atoms. The zero-order valence-electron chi connectivity index (χ0n) is 25.3. The van der Waals surface area contributed by atoms with Gasteiger partial charge in [-0.1, -0.05) is 18.9 Å². The molecule has 0 spiro atoms. The Labute approximate surface area is 246 Å². The number of esters is 1. The molecule has 0 atom stereocenters. The van der Waals surface area contributed by atoms with Gasteiger partial charge in [-0.2, -0.15) is 4.98 Å². The third-order valence-electron chi connectivity index (χ3n) is 7.96. The molecule has 3 aromatic heterocycles. The molecule has 1 saturated heterocycles. The van der Waals surface area contributed by atoms with Crippen LogP contribution < -0.4 is 10.9 Å². The van der Waals surface area contributed by atoms with Crippen molar-refractivity contribution < 1.29 is 14.3 Å². The standard InChI is InChI=1S/C31H41N7O4/c1-20-24-17-33-30(35-28(24)38(23-8-6-7-9-23)29(41)27(20)21(2)39)34-25-11-10-22(16-32-25)18-36-12-14-37(15-13-36)19-26(40)42-31(3,4)5/h10-11,16-17,23H,6-9,12-15,18-19H2,1-5H3,(H,32,33,34,35). The molecule has 224 valence electrons. The van der Waals surface area contributed by atoms with Gasteiger partial charge in [0.05, 0.1) is 12.1 Å². The lowest BCUT2D eigenvalue weighted by atomic mass is 10.0. The molecule has 0 aromatic carbocycles. The molecule has 0 radical (unpaired) electrons. The number of carbonyl (C=O) groups excluding carboxylic acids is 2. The number of nitrogens with one attached hydrogen (secondary N) is 1. The van der Waals surface area contributed by atoms with Gasteiger partial charge in [0.25, 0.3) is 5.56 Å². The highest BCUT2D eigenvalue weighted by molar-refractivity contribution is 5.99. The van der Waals surface area contributed by atoms with E-state index in [1.54, 1.807) is 17.7 Å². The molecule has 1 N–H and O–H groups in total. The zero-order chi connectivity index (χ0) is 30.0. The number of pyridine rings is 2. The minimum Gasteiger partial charge on any atom is -0.459 e. The number of Topliss-reactive ketones (excluding diaryl/α,β-unsaturated/α-hetero) is 1. The van der Waals surface area contributed by atoms with Crippen molar-refractivity contribution in [2.75, 3.05) is 38.0 Å². The number of ether oxygens (including phenoxy) is 1. The van der Waals surface area contributed by atoms with Crippen LogP contribution in [0, 0.1) is 6.92 Å². The van der Waals surface area contributed by atoms with Crippen molar-refractivity contribution in [2.45, 2.75) is 78.5 Å². The number of aromatic nitrogens is 4. The van der Waals surface area contributed by atoms with Crippen molar-refractivity contribution in [2.24, 2.45) is 0 Å². The Kier molecular flexibility index (Phi) is 8.70. The second-order valence-electron chi connectivity index (χ2n) is 12.4. The van der Waals surface area contributed by atoms with Crippen molar-refractivity contribution >= 4 is 34.6 Å². The van der Waals surface area contributed by atoms with Gasteiger partial charge in [0.2, 0.25) is 5.95 Å². The number of ketones is 1. The topological polar surface area (TPSA) is 123 Å². The van der Waals surface area contributed by atoms with Gasteiger partial charge in [-0.3, -0.25) is 28.8 Å². The van der Waals surface area contributed by atoms with Gasteiger partial charge in [0, 0.05) is 56.5 Å². The summed E-state index contributed by atoms with van der Waals surface area (Å²) < 4.78 is 7.16. The van der Waals surface area contributed by atoms with Crippen LogP contribution in [0.4, 0.5) is 11.8 Å². The maximum absolute atomic E-state index is 13.4. The Morgan fingerprint density at radius 1 is 1.02 bits per heavy atom. The van der Waals surface area contributed by atoms with Crippen molar-refractivity contribution in [3.63, 3.8) is 0 Å². The van der Waals surface area contributed by atoms with Crippen LogP contribution in [-0.2, 0) is 16.1 Å². The van der Waals surface area contributed by atoms with Crippen LogP contribution in [-0.4, -0.2) is 79.4 Å². The van der Waals surface area contributed by atoms with Crippen molar-refractivity contribution in [1.82, 2.24) is 29.3 Å². The largest absolute Gasteiger partial charge is 0.459 e. The maximum Gasteiger partial charge on any atom is 0.320 e. The fourth-order valence-electron chi connectivity index (χ4n) is 5.94. The quantitative estimate of drug-likeness (QED) is 0.311. The Morgan fingerprint density at radius 3 is 2.33 bits per heavy atom. The minimum atomic E-state index is -0.468. The van der Waals surface area contributed by atoms with E-state index < -0.39 is 5.60 Å². The highest BCUT2D eigenvalue weighted by Gasteiger charge is 2.26. The zero-order valence-corrected chi connectivity index (χ0v) is 25.3. The van der Waals surface area contributed by atoms with E-state index in [4.69, 9.17) is 9.72 Å². The molecule has 2 fully saturated rings. The summed E-state index contributed by atoms with van der Waals surface area (Å²) in [5, 5.41) is 3.90. The molecular formula is C31H41N7O4. The van der Waals surface area contributed by atoms with Crippen LogP contribution in [0.5, 0.6) is 0 Å².